The predicted octanol–water partition coefficient (Wildman–Crippen LogP) is 1.25. The summed E-state index contributed by atoms with van der Waals surface area (Å²) in [6, 6.07) is 5.55. The van der Waals surface area contributed by atoms with Gasteiger partial charge in [0.25, 0.3) is 11.8 Å². The van der Waals surface area contributed by atoms with Crippen LogP contribution < -0.4 is 10.6 Å². The number of benzene rings is 1. The molecule has 0 aliphatic heterocycles. The van der Waals surface area contributed by atoms with Crippen molar-refractivity contribution in [3.05, 3.63) is 59.2 Å². The Balaban J connectivity index is 1.78. The largest absolute Gasteiger partial charge is 0.350 e. The summed E-state index contributed by atoms with van der Waals surface area (Å²) in [5, 5.41) is 5.43. The van der Waals surface area contributed by atoms with Crippen LogP contribution >= 0.6 is 0 Å². The number of aryl methyl sites for hydroxylation is 2. The lowest BCUT2D eigenvalue weighted by molar-refractivity contribution is 0.0925. The highest BCUT2D eigenvalue weighted by Gasteiger charge is 2.08. The summed E-state index contributed by atoms with van der Waals surface area (Å²) >= 11 is 0. The van der Waals surface area contributed by atoms with E-state index >= 15 is 0 Å². The second-order valence-electron chi connectivity index (χ2n) is 4.90. The molecule has 0 saturated carbocycles. The van der Waals surface area contributed by atoms with E-state index in [0.717, 1.165) is 11.1 Å². The van der Waals surface area contributed by atoms with Crippen molar-refractivity contribution in [2.24, 2.45) is 0 Å². The number of hydrogen-bond donors (Lipinski definition) is 2. The Labute approximate surface area is 129 Å². The molecular weight excluding hydrogens is 280 g/mol. The lowest BCUT2D eigenvalue weighted by Crippen LogP contribution is -2.35. The van der Waals surface area contributed by atoms with Crippen LogP contribution in [0.3, 0.4) is 0 Å². The fraction of sp³-hybridized carbons (Fsp3) is 0.250. The van der Waals surface area contributed by atoms with Crippen molar-refractivity contribution >= 4 is 11.8 Å². The van der Waals surface area contributed by atoms with Crippen LogP contribution in [0.5, 0.6) is 0 Å². The van der Waals surface area contributed by atoms with Crippen molar-refractivity contribution in [2.45, 2.75) is 13.8 Å². The average molecular weight is 298 g/mol. The van der Waals surface area contributed by atoms with Gasteiger partial charge >= 0.3 is 0 Å². The molecule has 0 saturated heterocycles. The number of amides is 2. The average Bonchev–Trinajstić information content (AvgIpc) is 2.54. The number of nitrogens with zero attached hydrogens (tertiary/aromatic N) is 2. The Kier molecular flexibility index (Phi) is 5.19. The summed E-state index contributed by atoms with van der Waals surface area (Å²) in [5.41, 5.74) is 3.09. The van der Waals surface area contributed by atoms with Crippen LogP contribution in [0.4, 0.5) is 0 Å². The Morgan fingerprint density at radius 1 is 1.00 bits per heavy atom. The maximum Gasteiger partial charge on any atom is 0.271 e. The first-order chi connectivity index (χ1) is 10.6. The molecule has 2 aromatic rings. The summed E-state index contributed by atoms with van der Waals surface area (Å²) < 4.78 is 0. The fourth-order valence-corrected chi connectivity index (χ4v) is 1.84. The van der Waals surface area contributed by atoms with E-state index in [1.807, 2.05) is 26.0 Å². The second-order valence-corrected chi connectivity index (χ2v) is 4.90. The maximum absolute atomic E-state index is 12.0. The molecule has 2 rings (SSSR count). The number of hydrogen-bond acceptors (Lipinski definition) is 4. The summed E-state index contributed by atoms with van der Waals surface area (Å²) in [7, 11) is 0. The van der Waals surface area contributed by atoms with E-state index < -0.39 is 0 Å². The first kappa shape index (κ1) is 15.6. The SMILES string of the molecule is Cc1ccc(C(=O)NCCNC(=O)c2cnccn2)cc1C. The topological polar surface area (TPSA) is 84.0 Å². The van der Waals surface area contributed by atoms with Crippen LogP contribution in [0.1, 0.15) is 32.0 Å². The maximum atomic E-state index is 12.0. The highest BCUT2D eigenvalue weighted by atomic mass is 16.2. The number of rotatable bonds is 5. The smallest absolute Gasteiger partial charge is 0.271 e. The monoisotopic (exact) mass is 298 g/mol. The molecule has 0 aliphatic rings. The van der Waals surface area contributed by atoms with Crippen molar-refractivity contribution in [3.8, 4) is 0 Å². The van der Waals surface area contributed by atoms with Gasteiger partial charge in [-0.2, -0.15) is 0 Å². The van der Waals surface area contributed by atoms with E-state index in [4.69, 9.17) is 0 Å². The summed E-state index contributed by atoms with van der Waals surface area (Å²) in [6.07, 6.45) is 4.35. The van der Waals surface area contributed by atoms with Crippen LogP contribution in [0.25, 0.3) is 0 Å². The van der Waals surface area contributed by atoms with Crippen molar-refractivity contribution in [2.75, 3.05) is 13.1 Å². The van der Waals surface area contributed by atoms with E-state index in [0.29, 0.717) is 18.7 Å². The zero-order valence-electron chi connectivity index (χ0n) is 12.6. The molecule has 6 nitrogen and oxygen atoms in total. The van der Waals surface area contributed by atoms with E-state index in [1.54, 1.807) is 6.07 Å². The number of carbonyl (C=O) groups excluding carboxylic acids is 2. The van der Waals surface area contributed by atoms with Gasteiger partial charge in [0, 0.05) is 31.0 Å². The first-order valence-corrected chi connectivity index (χ1v) is 6.97. The van der Waals surface area contributed by atoms with Crippen LogP contribution in [0.2, 0.25) is 0 Å². The van der Waals surface area contributed by atoms with E-state index in [2.05, 4.69) is 20.6 Å². The third kappa shape index (κ3) is 4.12. The quantitative estimate of drug-likeness (QED) is 0.814. The second kappa shape index (κ2) is 7.31. The van der Waals surface area contributed by atoms with Gasteiger partial charge < -0.3 is 10.6 Å². The van der Waals surface area contributed by atoms with Crippen LogP contribution in [-0.4, -0.2) is 34.9 Å². The number of carbonyl (C=O) groups is 2. The molecule has 0 bridgehead atoms. The van der Waals surface area contributed by atoms with E-state index in [1.165, 1.54) is 18.6 Å². The highest BCUT2D eigenvalue weighted by molar-refractivity contribution is 5.94. The van der Waals surface area contributed by atoms with Gasteiger partial charge in [-0.3, -0.25) is 14.6 Å². The molecule has 0 fully saturated rings. The van der Waals surface area contributed by atoms with Crippen LogP contribution in [-0.2, 0) is 0 Å². The number of nitrogens with one attached hydrogen (secondary N) is 2. The zero-order valence-corrected chi connectivity index (χ0v) is 12.6. The summed E-state index contributed by atoms with van der Waals surface area (Å²) in [6.45, 7) is 4.63. The standard InChI is InChI=1S/C16H18N4O2/c1-11-3-4-13(9-12(11)2)15(21)19-7-8-20-16(22)14-10-17-5-6-18-14/h3-6,9-10H,7-8H2,1-2H3,(H,19,21)(H,20,22). The Morgan fingerprint density at radius 3 is 2.36 bits per heavy atom. The van der Waals surface area contributed by atoms with Crippen LogP contribution in [0, 0.1) is 13.8 Å². The fourth-order valence-electron chi connectivity index (χ4n) is 1.84. The molecule has 1 heterocycles. The molecule has 0 aliphatic carbocycles. The minimum absolute atomic E-state index is 0.156. The molecule has 0 atom stereocenters. The van der Waals surface area contributed by atoms with Crippen molar-refractivity contribution in [3.63, 3.8) is 0 Å². The molecule has 6 heteroatoms. The molecule has 1 aromatic heterocycles. The molecule has 0 unspecified atom stereocenters. The van der Waals surface area contributed by atoms with Gasteiger partial charge in [-0.1, -0.05) is 6.07 Å². The zero-order chi connectivity index (χ0) is 15.9. The highest BCUT2D eigenvalue weighted by Crippen LogP contribution is 2.09. The van der Waals surface area contributed by atoms with Gasteiger partial charge in [-0.25, -0.2) is 4.98 Å². The van der Waals surface area contributed by atoms with Crippen molar-refractivity contribution in [1.29, 1.82) is 0 Å². The summed E-state index contributed by atoms with van der Waals surface area (Å²) in [4.78, 5) is 31.4. The van der Waals surface area contributed by atoms with Crippen molar-refractivity contribution < 1.29 is 9.59 Å². The normalized spacial score (nSPS) is 10.1. The van der Waals surface area contributed by atoms with E-state index in [9.17, 15) is 9.59 Å². The van der Waals surface area contributed by atoms with Gasteiger partial charge in [0.1, 0.15) is 5.69 Å². The molecule has 0 radical (unpaired) electrons. The molecule has 2 N–H and O–H groups in total. The molecule has 2 amide bonds. The first-order valence-electron chi connectivity index (χ1n) is 6.97. The molecular formula is C16H18N4O2. The van der Waals surface area contributed by atoms with Crippen molar-refractivity contribution in [1.82, 2.24) is 20.6 Å². The van der Waals surface area contributed by atoms with Gasteiger partial charge in [0.15, 0.2) is 0 Å². The van der Waals surface area contributed by atoms with Gasteiger partial charge in [-0.15, -0.1) is 0 Å². The van der Waals surface area contributed by atoms with Gasteiger partial charge in [0.05, 0.1) is 6.20 Å². The third-order valence-corrected chi connectivity index (χ3v) is 3.26. The molecule has 1 aromatic carbocycles. The third-order valence-electron chi connectivity index (χ3n) is 3.26. The summed E-state index contributed by atoms with van der Waals surface area (Å²) in [5.74, 6) is -0.467. The Morgan fingerprint density at radius 2 is 1.73 bits per heavy atom. The van der Waals surface area contributed by atoms with Gasteiger partial charge in [0.2, 0.25) is 0 Å². The van der Waals surface area contributed by atoms with Crippen LogP contribution in [0.15, 0.2) is 36.8 Å². The number of aromatic nitrogens is 2. The minimum atomic E-state index is -0.312. The minimum Gasteiger partial charge on any atom is -0.350 e. The molecule has 0 spiro atoms. The Hall–Kier alpha value is -2.76. The Bertz CT molecular complexity index is 671. The lowest BCUT2D eigenvalue weighted by atomic mass is 10.1. The van der Waals surface area contributed by atoms with E-state index in [-0.39, 0.29) is 17.5 Å². The predicted molar refractivity (Wildman–Crippen MR) is 82.6 cm³/mol. The van der Waals surface area contributed by atoms with Gasteiger partial charge in [-0.05, 0) is 37.1 Å². The molecule has 22 heavy (non-hydrogen) atoms. The molecule has 114 valence electrons. The lowest BCUT2D eigenvalue weighted by Gasteiger charge is -2.08.